The summed E-state index contributed by atoms with van der Waals surface area (Å²) in [6.45, 7) is 3.76. The number of nitrogens with zero attached hydrogens (tertiary/aromatic N) is 2. The molecule has 0 unspecified atom stereocenters. The van der Waals surface area contributed by atoms with E-state index in [9.17, 15) is 0 Å². The van der Waals surface area contributed by atoms with Crippen molar-refractivity contribution in [2.24, 2.45) is 0 Å². The minimum Gasteiger partial charge on any atom is -0.383 e. The van der Waals surface area contributed by atoms with E-state index in [-0.39, 0.29) is 0 Å². The Morgan fingerprint density at radius 1 is 1.29 bits per heavy atom. The lowest BCUT2D eigenvalue weighted by atomic mass is 10.1. The molecule has 0 aliphatic heterocycles. The molecule has 4 nitrogen and oxygen atoms in total. The van der Waals surface area contributed by atoms with E-state index in [0.29, 0.717) is 12.5 Å². The Morgan fingerprint density at radius 2 is 2.00 bits per heavy atom. The molecular weight excluding hydrogens is 262 g/mol. The highest BCUT2D eigenvalue weighted by molar-refractivity contribution is 5.71. The topological polar surface area (TPSA) is 53.1 Å². The third kappa shape index (κ3) is 2.81. The molecule has 3 rings (SSSR count). The van der Waals surface area contributed by atoms with Crippen molar-refractivity contribution < 1.29 is 4.74 Å². The van der Waals surface area contributed by atoms with E-state index in [4.69, 9.17) is 15.5 Å². The monoisotopic (exact) mass is 285 g/mol. The zero-order chi connectivity index (χ0) is 14.8. The van der Waals surface area contributed by atoms with Crippen molar-refractivity contribution in [2.45, 2.75) is 45.3 Å². The van der Waals surface area contributed by atoms with Gasteiger partial charge in [0.05, 0.1) is 6.61 Å². The van der Waals surface area contributed by atoms with Crippen molar-refractivity contribution in [1.82, 2.24) is 9.55 Å². The second-order valence-electron chi connectivity index (χ2n) is 5.76. The summed E-state index contributed by atoms with van der Waals surface area (Å²) in [5, 5.41) is 0. The molecule has 1 fully saturated rings. The maximum atomic E-state index is 6.36. The third-order valence-electron chi connectivity index (χ3n) is 3.96. The zero-order valence-electron chi connectivity index (χ0n) is 12.8. The third-order valence-corrected chi connectivity index (χ3v) is 3.96. The number of imidazole rings is 1. The lowest BCUT2D eigenvalue weighted by molar-refractivity contribution is 0.185. The van der Waals surface area contributed by atoms with E-state index < -0.39 is 0 Å². The number of anilines is 1. The summed E-state index contributed by atoms with van der Waals surface area (Å²) in [5.41, 5.74) is 9.53. The molecule has 0 bridgehead atoms. The first kappa shape index (κ1) is 14.1. The van der Waals surface area contributed by atoms with Gasteiger partial charge in [-0.3, -0.25) is 0 Å². The summed E-state index contributed by atoms with van der Waals surface area (Å²) in [5.74, 6) is 2.59. The molecule has 4 heteroatoms. The summed E-state index contributed by atoms with van der Waals surface area (Å²) in [7, 11) is 1.71. The van der Waals surface area contributed by atoms with Gasteiger partial charge in [0.2, 0.25) is 0 Å². The van der Waals surface area contributed by atoms with Crippen LogP contribution in [0.1, 0.15) is 43.5 Å². The predicted molar refractivity (Wildman–Crippen MR) is 85.1 cm³/mol. The van der Waals surface area contributed by atoms with Crippen LogP contribution in [0.4, 0.5) is 5.82 Å². The van der Waals surface area contributed by atoms with Gasteiger partial charge in [0, 0.05) is 25.1 Å². The molecule has 112 valence electrons. The second kappa shape index (κ2) is 5.90. The molecule has 0 amide bonds. The van der Waals surface area contributed by atoms with E-state index in [0.717, 1.165) is 35.6 Å². The van der Waals surface area contributed by atoms with Crippen molar-refractivity contribution in [3.8, 4) is 11.3 Å². The SMILES string of the molecule is CCCn1c(C2CC2)nc(-c2ccc(COC)cc2)c1N. The van der Waals surface area contributed by atoms with Gasteiger partial charge in [-0.2, -0.15) is 0 Å². The Labute approximate surface area is 125 Å². The van der Waals surface area contributed by atoms with Crippen molar-refractivity contribution in [3.05, 3.63) is 35.7 Å². The summed E-state index contributed by atoms with van der Waals surface area (Å²) in [6, 6.07) is 8.32. The van der Waals surface area contributed by atoms with Crippen LogP contribution in [0, 0.1) is 0 Å². The molecule has 2 aromatic rings. The number of nitrogens with two attached hydrogens (primary N) is 1. The molecule has 1 heterocycles. The average molecular weight is 285 g/mol. The van der Waals surface area contributed by atoms with Crippen LogP contribution in [0.3, 0.4) is 0 Å². The predicted octanol–water partition coefficient (Wildman–Crippen LogP) is 3.57. The summed E-state index contributed by atoms with van der Waals surface area (Å²) in [4.78, 5) is 4.84. The van der Waals surface area contributed by atoms with Crippen LogP contribution in [0.15, 0.2) is 24.3 Å². The molecule has 1 aromatic heterocycles. The highest BCUT2D eigenvalue weighted by atomic mass is 16.5. The summed E-state index contributed by atoms with van der Waals surface area (Å²) in [6.07, 6.45) is 3.56. The molecule has 1 aliphatic carbocycles. The Hall–Kier alpha value is -1.81. The van der Waals surface area contributed by atoms with Gasteiger partial charge in [-0.15, -0.1) is 0 Å². The van der Waals surface area contributed by atoms with Gasteiger partial charge in [-0.1, -0.05) is 31.2 Å². The zero-order valence-corrected chi connectivity index (χ0v) is 12.8. The first-order valence-corrected chi connectivity index (χ1v) is 7.68. The first-order valence-electron chi connectivity index (χ1n) is 7.68. The number of hydrogen-bond donors (Lipinski definition) is 1. The number of benzene rings is 1. The van der Waals surface area contributed by atoms with Gasteiger partial charge in [-0.05, 0) is 24.8 Å². The summed E-state index contributed by atoms with van der Waals surface area (Å²) >= 11 is 0. The molecular formula is C17H23N3O. The molecule has 0 radical (unpaired) electrons. The van der Waals surface area contributed by atoms with Gasteiger partial charge in [-0.25, -0.2) is 4.98 Å². The molecule has 21 heavy (non-hydrogen) atoms. The van der Waals surface area contributed by atoms with Gasteiger partial charge >= 0.3 is 0 Å². The number of methoxy groups -OCH3 is 1. The van der Waals surface area contributed by atoms with Gasteiger partial charge in [0.1, 0.15) is 17.3 Å². The van der Waals surface area contributed by atoms with Gasteiger partial charge < -0.3 is 15.0 Å². The van der Waals surface area contributed by atoms with Crippen LogP contribution in [0.5, 0.6) is 0 Å². The van der Waals surface area contributed by atoms with Crippen LogP contribution in [-0.2, 0) is 17.9 Å². The minimum absolute atomic E-state index is 0.611. The number of nitrogen functional groups attached to an aromatic ring is 1. The van der Waals surface area contributed by atoms with Crippen molar-refractivity contribution >= 4 is 5.82 Å². The van der Waals surface area contributed by atoms with E-state index >= 15 is 0 Å². The Balaban J connectivity index is 1.95. The standard InChI is InChI=1S/C17H23N3O/c1-3-10-20-16(18)15(19-17(20)14-8-9-14)13-6-4-12(5-7-13)11-21-2/h4-7,14H,3,8-11,18H2,1-2H3. The molecule has 0 spiro atoms. The normalized spacial score (nSPS) is 14.6. The Kier molecular flexibility index (Phi) is 3.97. The van der Waals surface area contributed by atoms with Crippen LogP contribution < -0.4 is 5.73 Å². The van der Waals surface area contributed by atoms with Crippen molar-refractivity contribution in [1.29, 1.82) is 0 Å². The molecule has 1 aliphatic rings. The Bertz CT molecular complexity index is 612. The quantitative estimate of drug-likeness (QED) is 0.882. The highest BCUT2D eigenvalue weighted by Gasteiger charge is 2.30. The van der Waals surface area contributed by atoms with Crippen molar-refractivity contribution in [2.75, 3.05) is 12.8 Å². The first-order chi connectivity index (χ1) is 10.2. The fraction of sp³-hybridized carbons (Fsp3) is 0.471. The molecule has 0 atom stereocenters. The average Bonchev–Trinajstić information content (AvgIpc) is 3.28. The largest absolute Gasteiger partial charge is 0.383 e. The molecule has 1 aromatic carbocycles. The molecule has 0 saturated heterocycles. The summed E-state index contributed by atoms with van der Waals surface area (Å²) < 4.78 is 7.35. The fourth-order valence-electron chi connectivity index (χ4n) is 2.73. The second-order valence-corrected chi connectivity index (χ2v) is 5.76. The van der Waals surface area contributed by atoms with Gasteiger partial charge in [0.15, 0.2) is 0 Å². The van der Waals surface area contributed by atoms with Crippen LogP contribution in [-0.4, -0.2) is 16.7 Å². The van der Waals surface area contributed by atoms with Crippen LogP contribution in [0.2, 0.25) is 0 Å². The van der Waals surface area contributed by atoms with Crippen LogP contribution in [0.25, 0.3) is 11.3 Å². The van der Waals surface area contributed by atoms with E-state index in [2.05, 4.69) is 35.8 Å². The Morgan fingerprint density at radius 3 is 2.57 bits per heavy atom. The number of aromatic nitrogens is 2. The van der Waals surface area contributed by atoms with E-state index in [1.54, 1.807) is 7.11 Å². The van der Waals surface area contributed by atoms with Crippen LogP contribution >= 0.6 is 0 Å². The number of rotatable bonds is 6. The van der Waals surface area contributed by atoms with Crippen molar-refractivity contribution in [3.63, 3.8) is 0 Å². The minimum atomic E-state index is 0.611. The number of ether oxygens (including phenoxy) is 1. The van der Waals surface area contributed by atoms with E-state index in [1.165, 1.54) is 18.7 Å². The lowest BCUT2D eigenvalue weighted by Gasteiger charge is -2.07. The highest BCUT2D eigenvalue weighted by Crippen LogP contribution is 2.42. The lowest BCUT2D eigenvalue weighted by Crippen LogP contribution is -2.06. The maximum absolute atomic E-state index is 6.36. The number of hydrogen-bond acceptors (Lipinski definition) is 3. The molecule has 1 saturated carbocycles. The molecule has 2 N–H and O–H groups in total. The van der Waals surface area contributed by atoms with Gasteiger partial charge in [0.25, 0.3) is 0 Å². The fourth-order valence-corrected chi connectivity index (χ4v) is 2.73. The van der Waals surface area contributed by atoms with E-state index in [1.807, 2.05) is 0 Å². The smallest absolute Gasteiger partial charge is 0.131 e. The maximum Gasteiger partial charge on any atom is 0.131 e.